The molecule has 2 rings (SSSR count). The van der Waals surface area contributed by atoms with Gasteiger partial charge < -0.3 is 4.52 Å². The Bertz CT molecular complexity index is 772. The molecule has 1 aromatic heterocycles. The highest BCUT2D eigenvalue weighted by Crippen LogP contribution is 2.29. The minimum absolute atomic E-state index is 0.0126. The smallest absolute Gasteiger partial charge is 0.329 e. The number of hydrogen-bond donors (Lipinski definition) is 0. The van der Waals surface area contributed by atoms with E-state index in [0.29, 0.717) is 17.5 Å². The van der Waals surface area contributed by atoms with Gasteiger partial charge in [0, 0.05) is 12.5 Å². The Kier molecular flexibility index (Phi) is 6.09. The van der Waals surface area contributed by atoms with Crippen molar-refractivity contribution in [1.82, 2.24) is 15.2 Å². The summed E-state index contributed by atoms with van der Waals surface area (Å²) in [5, 5.41) is 4.25. The molecule has 1 heterocycles. The summed E-state index contributed by atoms with van der Waals surface area (Å²) in [6.45, 7) is 3.27. The molecule has 0 bridgehead atoms. The summed E-state index contributed by atoms with van der Waals surface area (Å²) in [6.07, 6.45) is -4.06. The van der Waals surface area contributed by atoms with Crippen molar-refractivity contribution in [3.8, 4) is 11.4 Å². The zero-order chi connectivity index (χ0) is 19.3. The van der Waals surface area contributed by atoms with Gasteiger partial charge in [-0.05, 0) is 12.0 Å². The molecular weight excluding hydrogens is 355 g/mol. The van der Waals surface area contributed by atoms with Crippen molar-refractivity contribution < 1.29 is 32.1 Å². The third-order valence-electron chi connectivity index (χ3n) is 3.19. The van der Waals surface area contributed by atoms with Crippen LogP contribution in [0.1, 0.15) is 31.7 Å². The lowest BCUT2D eigenvalue weighted by molar-refractivity contribution is -0.191. The predicted molar refractivity (Wildman–Crippen MR) is 82.2 cm³/mol. The van der Waals surface area contributed by atoms with E-state index in [9.17, 15) is 22.8 Å². The van der Waals surface area contributed by atoms with E-state index in [4.69, 9.17) is 4.84 Å². The summed E-state index contributed by atoms with van der Waals surface area (Å²) < 4.78 is 41.7. The number of carbonyl (C=O) groups excluding carboxylic acids is 2. The number of rotatable bonds is 7. The van der Waals surface area contributed by atoms with Crippen molar-refractivity contribution in [3.05, 3.63) is 35.7 Å². The summed E-state index contributed by atoms with van der Waals surface area (Å²) in [7, 11) is 0. The molecule has 0 aliphatic heterocycles. The van der Waals surface area contributed by atoms with Gasteiger partial charge in [0.15, 0.2) is 0 Å². The van der Waals surface area contributed by atoms with E-state index < -0.39 is 23.8 Å². The van der Waals surface area contributed by atoms with Crippen LogP contribution in [0, 0.1) is 0 Å². The SMILES string of the molecule is CCCON(Cc1ccc(-c2noc(C(F)(F)F)n2)cc1)C(=O)C(C)=O. The van der Waals surface area contributed by atoms with Crippen LogP contribution in [-0.2, 0) is 27.1 Å². The average Bonchev–Trinajstić information content (AvgIpc) is 3.09. The second-order valence-electron chi connectivity index (χ2n) is 5.35. The number of halogens is 3. The maximum absolute atomic E-state index is 12.5. The van der Waals surface area contributed by atoms with Crippen LogP contribution in [0.2, 0.25) is 0 Å². The number of hydroxylamine groups is 2. The van der Waals surface area contributed by atoms with Gasteiger partial charge in [0.25, 0.3) is 0 Å². The molecular formula is C16H16F3N3O4. The fourth-order valence-electron chi connectivity index (χ4n) is 1.93. The van der Waals surface area contributed by atoms with Gasteiger partial charge in [-0.25, -0.2) is 5.06 Å². The lowest BCUT2D eigenvalue weighted by atomic mass is 10.1. The van der Waals surface area contributed by atoms with Crippen molar-refractivity contribution in [2.24, 2.45) is 0 Å². The molecule has 10 heteroatoms. The lowest BCUT2D eigenvalue weighted by Crippen LogP contribution is -2.35. The molecule has 0 radical (unpaired) electrons. The summed E-state index contributed by atoms with van der Waals surface area (Å²) in [5.41, 5.74) is 0.922. The van der Waals surface area contributed by atoms with Gasteiger partial charge in [0.2, 0.25) is 11.6 Å². The lowest BCUT2D eigenvalue weighted by Gasteiger charge is -2.20. The third-order valence-corrected chi connectivity index (χ3v) is 3.19. The zero-order valence-corrected chi connectivity index (χ0v) is 14.0. The molecule has 2 aromatic rings. The number of aromatic nitrogens is 2. The van der Waals surface area contributed by atoms with Gasteiger partial charge >= 0.3 is 18.0 Å². The largest absolute Gasteiger partial charge is 0.471 e. The minimum atomic E-state index is -4.71. The Morgan fingerprint density at radius 2 is 1.88 bits per heavy atom. The maximum Gasteiger partial charge on any atom is 0.471 e. The molecule has 0 unspecified atom stereocenters. The molecule has 0 aliphatic carbocycles. The third kappa shape index (κ3) is 4.88. The van der Waals surface area contributed by atoms with Crippen molar-refractivity contribution >= 4 is 11.7 Å². The number of hydrogen-bond acceptors (Lipinski definition) is 6. The molecule has 0 atom stereocenters. The molecule has 26 heavy (non-hydrogen) atoms. The Labute approximate surface area is 146 Å². The summed E-state index contributed by atoms with van der Waals surface area (Å²) in [6, 6.07) is 6.09. The van der Waals surface area contributed by atoms with Crippen LogP contribution in [0.3, 0.4) is 0 Å². The average molecular weight is 371 g/mol. The minimum Gasteiger partial charge on any atom is -0.329 e. The second-order valence-corrected chi connectivity index (χ2v) is 5.35. The van der Waals surface area contributed by atoms with Gasteiger partial charge in [-0.1, -0.05) is 36.3 Å². The number of carbonyl (C=O) groups is 2. The first-order chi connectivity index (χ1) is 12.2. The van der Waals surface area contributed by atoms with Crippen LogP contribution in [0.5, 0.6) is 0 Å². The fourth-order valence-corrected chi connectivity index (χ4v) is 1.93. The van der Waals surface area contributed by atoms with Crippen LogP contribution >= 0.6 is 0 Å². The van der Waals surface area contributed by atoms with E-state index in [1.54, 1.807) is 12.1 Å². The van der Waals surface area contributed by atoms with E-state index in [0.717, 1.165) is 12.0 Å². The monoisotopic (exact) mass is 371 g/mol. The fraction of sp³-hybridized carbons (Fsp3) is 0.375. The van der Waals surface area contributed by atoms with Gasteiger partial charge in [-0.15, -0.1) is 0 Å². The van der Waals surface area contributed by atoms with E-state index >= 15 is 0 Å². The highest BCUT2D eigenvalue weighted by atomic mass is 19.4. The number of amides is 1. The zero-order valence-electron chi connectivity index (χ0n) is 14.0. The number of alkyl halides is 3. The molecule has 1 aromatic carbocycles. The van der Waals surface area contributed by atoms with Crippen molar-refractivity contribution in [1.29, 1.82) is 0 Å². The standard InChI is InChI=1S/C16H16F3N3O4/c1-3-8-25-22(14(24)10(2)23)9-11-4-6-12(7-5-11)13-20-15(26-21-13)16(17,18)19/h4-7H,3,8-9H2,1-2H3. The molecule has 0 fully saturated rings. The number of ketones is 1. The van der Waals surface area contributed by atoms with Crippen molar-refractivity contribution in [3.63, 3.8) is 0 Å². The summed E-state index contributed by atoms with van der Waals surface area (Å²) >= 11 is 0. The van der Waals surface area contributed by atoms with Gasteiger partial charge in [0.1, 0.15) is 0 Å². The van der Waals surface area contributed by atoms with E-state index in [1.165, 1.54) is 12.1 Å². The molecule has 140 valence electrons. The quantitative estimate of drug-likeness (QED) is 0.549. The topological polar surface area (TPSA) is 85.5 Å². The molecule has 1 amide bonds. The van der Waals surface area contributed by atoms with E-state index in [1.807, 2.05) is 6.92 Å². The van der Waals surface area contributed by atoms with Crippen molar-refractivity contribution in [2.75, 3.05) is 6.61 Å². The first kappa shape index (κ1) is 19.6. The van der Waals surface area contributed by atoms with E-state index in [-0.39, 0.29) is 19.0 Å². The van der Waals surface area contributed by atoms with Crippen LogP contribution in [0.25, 0.3) is 11.4 Å². The molecule has 0 N–H and O–H groups in total. The Balaban J connectivity index is 2.13. The number of nitrogens with zero attached hydrogens (tertiary/aromatic N) is 3. The Hall–Kier alpha value is -2.75. The molecule has 0 aliphatic rings. The molecule has 0 saturated heterocycles. The highest BCUT2D eigenvalue weighted by molar-refractivity contribution is 6.34. The van der Waals surface area contributed by atoms with E-state index in [2.05, 4.69) is 14.7 Å². The van der Waals surface area contributed by atoms with Crippen molar-refractivity contribution in [2.45, 2.75) is 33.0 Å². The molecule has 0 spiro atoms. The Morgan fingerprint density at radius 3 is 2.38 bits per heavy atom. The summed E-state index contributed by atoms with van der Waals surface area (Å²) in [5.74, 6) is -3.08. The predicted octanol–water partition coefficient (Wildman–Crippen LogP) is 3.01. The van der Waals surface area contributed by atoms with Gasteiger partial charge in [-0.2, -0.15) is 18.2 Å². The van der Waals surface area contributed by atoms with Crippen LogP contribution in [-0.4, -0.2) is 33.5 Å². The van der Waals surface area contributed by atoms with Crippen LogP contribution < -0.4 is 0 Å². The number of benzene rings is 1. The van der Waals surface area contributed by atoms with Crippen LogP contribution in [0.4, 0.5) is 13.2 Å². The van der Waals surface area contributed by atoms with Gasteiger partial charge in [-0.3, -0.25) is 14.4 Å². The highest BCUT2D eigenvalue weighted by Gasteiger charge is 2.38. The first-order valence-corrected chi connectivity index (χ1v) is 7.68. The van der Waals surface area contributed by atoms with Crippen LogP contribution in [0.15, 0.2) is 28.8 Å². The molecule has 7 nitrogen and oxygen atoms in total. The Morgan fingerprint density at radius 1 is 1.23 bits per heavy atom. The maximum atomic E-state index is 12.5. The second kappa shape index (κ2) is 8.09. The normalized spacial score (nSPS) is 11.4. The van der Waals surface area contributed by atoms with Gasteiger partial charge in [0.05, 0.1) is 13.2 Å². The molecule has 0 saturated carbocycles. The summed E-state index contributed by atoms with van der Waals surface area (Å²) in [4.78, 5) is 31.7. The first-order valence-electron chi connectivity index (χ1n) is 7.68. The number of Topliss-reactive ketones (excluding diaryl/α,β-unsaturated/α-hetero) is 1.